The molecule has 2 nitrogen and oxygen atoms in total. The van der Waals surface area contributed by atoms with Gasteiger partial charge in [0, 0.05) is 18.0 Å². The van der Waals surface area contributed by atoms with Gasteiger partial charge in [-0.05, 0) is 5.57 Å². The fraction of sp³-hybridized carbons (Fsp3) is 0. The molecule has 1 aliphatic carbocycles. The summed E-state index contributed by atoms with van der Waals surface area (Å²) in [7, 11) is 0. The lowest BCUT2D eigenvalue weighted by molar-refractivity contribution is 1.12. The molecule has 13 heavy (non-hydrogen) atoms. The smallest absolute Gasteiger partial charge is 0.101 e. The fourth-order valence-electron chi connectivity index (χ4n) is 1.32. The molecule has 1 aliphatic heterocycles. The van der Waals surface area contributed by atoms with E-state index < -0.39 is 0 Å². The van der Waals surface area contributed by atoms with Crippen LogP contribution in [0.15, 0.2) is 59.5 Å². The van der Waals surface area contributed by atoms with E-state index in [9.17, 15) is 0 Å². The highest BCUT2D eigenvalue weighted by atomic mass is 14.8. The molecule has 0 amide bonds. The second-order valence-electron chi connectivity index (χ2n) is 2.76. The Morgan fingerprint density at radius 1 is 1.15 bits per heavy atom. The number of nitrogens with zero attached hydrogens (tertiary/aromatic N) is 1. The molecule has 0 aromatic carbocycles. The average molecular weight is 168 g/mol. The summed E-state index contributed by atoms with van der Waals surface area (Å²) in [4.78, 5) is 0. The molecule has 0 aromatic rings. The first-order valence-electron chi connectivity index (χ1n) is 4.04. The molecule has 0 saturated carbocycles. The van der Waals surface area contributed by atoms with Gasteiger partial charge >= 0.3 is 0 Å². The number of nitrogens with one attached hydrogen (secondary N) is 1. The number of rotatable bonds is 0. The van der Waals surface area contributed by atoms with Crippen LogP contribution in [-0.2, 0) is 0 Å². The van der Waals surface area contributed by atoms with Crippen molar-refractivity contribution in [2.75, 3.05) is 0 Å². The van der Waals surface area contributed by atoms with Crippen molar-refractivity contribution in [3.63, 3.8) is 0 Å². The lowest BCUT2D eigenvalue weighted by Gasteiger charge is -2.11. The normalized spacial score (nSPS) is 18.5. The maximum atomic E-state index is 8.85. The third-order valence-corrected chi connectivity index (χ3v) is 1.95. The first-order chi connectivity index (χ1) is 6.42. The molecule has 0 spiro atoms. The topological polar surface area (TPSA) is 35.8 Å². The Hall–Kier alpha value is -2.01. The van der Waals surface area contributed by atoms with Gasteiger partial charge in [-0.15, -0.1) is 0 Å². The molecule has 62 valence electrons. The summed E-state index contributed by atoms with van der Waals surface area (Å²) in [5, 5.41) is 11.8. The van der Waals surface area contributed by atoms with E-state index >= 15 is 0 Å². The fourth-order valence-corrected chi connectivity index (χ4v) is 1.32. The number of fused-ring (bicyclic) bond motifs is 1. The van der Waals surface area contributed by atoms with Gasteiger partial charge in [0.1, 0.15) is 6.07 Å². The molecule has 1 heterocycles. The van der Waals surface area contributed by atoms with Crippen molar-refractivity contribution in [1.82, 2.24) is 5.32 Å². The van der Waals surface area contributed by atoms with Crippen LogP contribution in [0.25, 0.3) is 0 Å². The van der Waals surface area contributed by atoms with E-state index in [0.717, 1.165) is 11.1 Å². The number of nitriles is 1. The molecule has 0 bridgehead atoms. The van der Waals surface area contributed by atoms with Gasteiger partial charge in [-0.1, -0.05) is 30.4 Å². The maximum Gasteiger partial charge on any atom is 0.101 e. The monoisotopic (exact) mass is 168 g/mol. The summed E-state index contributed by atoms with van der Waals surface area (Å²) in [6, 6.07) is 2.15. The molecular weight excluding hydrogens is 160 g/mol. The van der Waals surface area contributed by atoms with Gasteiger partial charge in [0.15, 0.2) is 0 Å². The Morgan fingerprint density at radius 3 is 2.92 bits per heavy atom. The molecule has 0 aromatic heterocycles. The Labute approximate surface area is 76.9 Å². The molecule has 2 aliphatic rings. The number of hydrogen-bond donors (Lipinski definition) is 1. The minimum absolute atomic E-state index is 0.675. The van der Waals surface area contributed by atoms with Crippen LogP contribution in [-0.4, -0.2) is 0 Å². The minimum atomic E-state index is 0.675. The van der Waals surface area contributed by atoms with Crippen molar-refractivity contribution < 1.29 is 0 Å². The van der Waals surface area contributed by atoms with Crippen molar-refractivity contribution in [2.45, 2.75) is 0 Å². The van der Waals surface area contributed by atoms with Crippen LogP contribution in [0.2, 0.25) is 0 Å². The molecule has 0 saturated heterocycles. The Bertz CT molecular complexity index is 412. The van der Waals surface area contributed by atoms with Crippen molar-refractivity contribution in [1.29, 1.82) is 5.26 Å². The van der Waals surface area contributed by atoms with E-state index in [1.807, 2.05) is 36.6 Å². The molecule has 2 rings (SSSR count). The molecule has 0 fully saturated rings. The number of allylic oxidation sites excluding steroid dienone is 8. The van der Waals surface area contributed by atoms with Crippen molar-refractivity contribution >= 4 is 0 Å². The Kier molecular flexibility index (Phi) is 1.85. The highest BCUT2D eigenvalue weighted by Gasteiger charge is 2.11. The van der Waals surface area contributed by atoms with Gasteiger partial charge in [-0.3, -0.25) is 0 Å². The molecule has 0 radical (unpaired) electrons. The van der Waals surface area contributed by atoms with E-state index in [1.54, 1.807) is 6.20 Å². The third kappa shape index (κ3) is 1.32. The first-order valence-corrected chi connectivity index (χ1v) is 4.04. The molecular formula is C11H8N2. The second kappa shape index (κ2) is 3.16. The van der Waals surface area contributed by atoms with E-state index in [0.29, 0.717) is 5.57 Å². The highest BCUT2D eigenvalue weighted by Crippen LogP contribution is 2.23. The molecule has 2 heteroatoms. The van der Waals surface area contributed by atoms with Crippen LogP contribution in [0.1, 0.15) is 0 Å². The minimum Gasteiger partial charge on any atom is -0.366 e. The van der Waals surface area contributed by atoms with Gasteiger partial charge in [-0.2, -0.15) is 5.26 Å². The standard InChI is InChI=1S/C11H8N2/c12-6-10-8-13-7-9-4-2-1-3-5-11(9)10/h1-5,7-8,13H. The van der Waals surface area contributed by atoms with Crippen LogP contribution >= 0.6 is 0 Å². The van der Waals surface area contributed by atoms with Crippen molar-refractivity contribution in [3.05, 3.63) is 59.5 Å². The van der Waals surface area contributed by atoms with Crippen LogP contribution in [0.5, 0.6) is 0 Å². The largest absolute Gasteiger partial charge is 0.366 e. The quantitative estimate of drug-likeness (QED) is 0.600. The maximum absolute atomic E-state index is 8.85. The summed E-state index contributed by atoms with van der Waals surface area (Å²) in [6.07, 6.45) is 13.4. The zero-order chi connectivity index (χ0) is 9.10. The summed E-state index contributed by atoms with van der Waals surface area (Å²) in [5.74, 6) is 0. The van der Waals surface area contributed by atoms with Gasteiger partial charge in [-0.25, -0.2) is 0 Å². The third-order valence-electron chi connectivity index (χ3n) is 1.95. The molecule has 1 N–H and O–H groups in total. The van der Waals surface area contributed by atoms with Crippen LogP contribution in [0, 0.1) is 11.3 Å². The van der Waals surface area contributed by atoms with E-state index in [2.05, 4.69) is 11.4 Å². The SMILES string of the molecule is N#CC1=CNC=C2C=CC=CC=C12. The summed E-state index contributed by atoms with van der Waals surface area (Å²) < 4.78 is 0. The highest BCUT2D eigenvalue weighted by molar-refractivity contribution is 5.61. The predicted octanol–water partition coefficient (Wildman–Crippen LogP) is 1.93. The van der Waals surface area contributed by atoms with Crippen molar-refractivity contribution in [2.24, 2.45) is 0 Å². The van der Waals surface area contributed by atoms with Crippen LogP contribution < -0.4 is 5.32 Å². The lowest BCUT2D eigenvalue weighted by Crippen LogP contribution is -2.06. The van der Waals surface area contributed by atoms with Crippen molar-refractivity contribution in [3.8, 4) is 6.07 Å². The summed E-state index contributed by atoms with van der Waals surface area (Å²) in [6.45, 7) is 0. The van der Waals surface area contributed by atoms with Gasteiger partial charge in [0.2, 0.25) is 0 Å². The zero-order valence-electron chi connectivity index (χ0n) is 6.99. The van der Waals surface area contributed by atoms with E-state index in [4.69, 9.17) is 5.26 Å². The van der Waals surface area contributed by atoms with Gasteiger partial charge in [0.05, 0.1) is 5.57 Å². The second-order valence-corrected chi connectivity index (χ2v) is 2.76. The predicted molar refractivity (Wildman–Crippen MR) is 51.3 cm³/mol. The van der Waals surface area contributed by atoms with Crippen LogP contribution in [0.4, 0.5) is 0 Å². The zero-order valence-corrected chi connectivity index (χ0v) is 6.99. The van der Waals surface area contributed by atoms with E-state index in [1.165, 1.54) is 0 Å². The first kappa shape index (κ1) is 7.63. The Balaban J connectivity index is 2.49. The Morgan fingerprint density at radius 2 is 2.08 bits per heavy atom. The summed E-state index contributed by atoms with van der Waals surface area (Å²) in [5.41, 5.74) is 2.70. The summed E-state index contributed by atoms with van der Waals surface area (Å²) >= 11 is 0. The van der Waals surface area contributed by atoms with E-state index in [-0.39, 0.29) is 0 Å². The number of hydrogen-bond acceptors (Lipinski definition) is 2. The average Bonchev–Trinajstić information content (AvgIpc) is 2.41. The lowest BCUT2D eigenvalue weighted by atomic mass is 9.98. The number of dihydropyridines is 1. The molecule has 0 atom stereocenters. The molecule has 0 unspecified atom stereocenters. The van der Waals surface area contributed by atoms with Gasteiger partial charge < -0.3 is 5.32 Å². The van der Waals surface area contributed by atoms with Gasteiger partial charge in [0.25, 0.3) is 0 Å². The van der Waals surface area contributed by atoms with Crippen LogP contribution in [0.3, 0.4) is 0 Å².